The number of hydrogen-bond donors (Lipinski definition) is 1. The van der Waals surface area contributed by atoms with E-state index in [1.54, 1.807) is 6.21 Å². The van der Waals surface area contributed by atoms with Crippen molar-refractivity contribution < 1.29 is 17.5 Å². The molecular formula is C27H34N5O3S+. The van der Waals surface area contributed by atoms with Crippen LogP contribution in [0.1, 0.15) is 29.5 Å². The van der Waals surface area contributed by atoms with Gasteiger partial charge in [0.1, 0.15) is 12.3 Å². The van der Waals surface area contributed by atoms with E-state index in [1.165, 1.54) is 0 Å². The highest BCUT2D eigenvalue weighted by molar-refractivity contribution is 7.85. The average Bonchev–Trinajstić information content (AvgIpc) is 2.84. The number of rotatable bonds is 11. The highest BCUT2D eigenvalue weighted by atomic mass is 32.2. The number of benzene rings is 2. The van der Waals surface area contributed by atoms with Gasteiger partial charge in [-0.25, -0.2) is 4.57 Å². The minimum Gasteiger partial charge on any atom is -0.378 e. The Morgan fingerprint density at radius 2 is 1.44 bits per heavy atom. The Labute approximate surface area is 214 Å². The summed E-state index contributed by atoms with van der Waals surface area (Å²) >= 11 is 0. The van der Waals surface area contributed by atoms with Crippen LogP contribution in [0, 0.1) is 0 Å². The second kappa shape index (κ2) is 12.4. The molecule has 0 aliphatic rings. The summed E-state index contributed by atoms with van der Waals surface area (Å²) in [5, 5.41) is 8.99. The van der Waals surface area contributed by atoms with Crippen LogP contribution in [-0.2, 0) is 16.7 Å². The monoisotopic (exact) mass is 508 g/mol. The maximum atomic E-state index is 10.9. The van der Waals surface area contributed by atoms with Crippen LogP contribution in [0.25, 0.3) is 0 Å². The lowest BCUT2D eigenvalue weighted by Gasteiger charge is -2.15. The van der Waals surface area contributed by atoms with Crippen molar-refractivity contribution >= 4 is 33.4 Å². The summed E-state index contributed by atoms with van der Waals surface area (Å²) in [6, 6.07) is 20.3. The second-order valence-electron chi connectivity index (χ2n) is 8.94. The fraction of sp³-hybridized carbons (Fsp3) is 0.296. The highest BCUT2D eigenvalue weighted by Crippen LogP contribution is 2.19. The van der Waals surface area contributed by atoms with Crippen LogP contribution in [0.5, 0.6) is 0 Å². The molecule has 1 heterocycles. The van der Waals surface area contributed by atoms with Gasteiger partial charge in [0.25, 0.3) is 10.1 Å². The third-order valence-electron chi connectivity index (χ3n) is 5.63. The van der Waals surface area contributed by atoms with E-state index in [0.717, 1.165) is 33.8 Å². The molecule has 0 saturated heterocycles. The molecule has 8 nitrogen and oxygen atoms in total. The summed E-state index contributed by atoms with van der Waals surface area (Å²) in [4.78, 5) is 4.11. The molecule has 9 heteroatoms. The lowest BCUT2D eigenvalue weighted by atomic mass is 10.0. The predicted molar refractivity (Wildman–Crippen MR) is 147 cm³/mol. The minimum atomic E-state index is -3.92. The molecule has 3 rings (SSSR count). The van der Waals surface area contributed by atoms with Crippen molar-refractivity contribution in [3.63, 3.8) is 0 Å². The van der Waals surface area contributed by atoms with Crippen LogP contribution in [0.4, 0.5) is 11.4 Å². The highest BCUT2D eigenvalue weighted by Gasteiger charge is 2.10. The maximum Gasteiger partial charge on any atom is 0.264 e. The van der Waals surface area contributed by atoms with Gasteiger partial charge >= 0.3 is 0 Å². The number of unbranched alkanes of at least 4 members (excludes halogenated alkanes) is 1. The first-order valence-electron chi connectivity index (χ1n) is 11.7. The Morgan fingerprint density at radius 3 is 1.94 bits per heavy atom. The number of hydrogen-bond acceptors (Lipinski definition) is 6. The van der Waals surface area contributed by atoms with Gasteiger partial charge in [-0.2, -0.15) is 13.5 Å². The van der Waals surface area contributed by atoms with Gasteiger partial charge in [0, 0.05) is 63.2 Å². The van der Waals surface area contributed by atoms with Gasteiger partial charge in [-0.3, -0.25) is 4.55 Å². The fourth-order valence-electron chi connectivity index (χ4n) is 3.61. The van der Waals surface area contributed by atoms with E-state index in [1.807, 2.05) is 81.5 Å². The van der Waals surface area contributed by atoms with E-state index in [4.69, 9.17) is 4.55 Å². The van der Waals surface area contributed by atoms with Gasteiger partial charge in [0.2, 0.25) is 0 Å². The van der Waals surface area contributed by atoms with Crippen LogP contribution in [0.2, 0.25) is 0 Å². The first kappa shape index (κ1) is 27.0. The lowest BCUT2D eigenvalue weighted by Crippen LogP contribution is -2.33. The lowest BCUT2D eigenvalue weighted by molar-refractivity contribution is -0.697. The fourth-order valence-corrected chi connectivity index (χ4v) is 4.18. The van der Waals surface area contributed by atoms with E-state index >= 15 is 0 Å². The zero-order valence-corrected chi connectivity index (χ0v) is 22.1. The third-order valence-corrected chi connectivity index (χ3v) is 6.43. The van der Waals surface area contributed by atoms with Gasteiger partial charge in [0.15, 0.2) is 12.4 Å². The van der Waals surface area contributed by atoms with Crippen molar-refractivity contribution in [3.05, 3.63) is 89.7 Å². The topological polar surface area (TPSA) is 89.4 Å². The number of nitrogens with zero attached hydrogens (tertiary/aromatic N) is 5. The van der Waals surface area contributed by atoms with E-state index in [9.17, 15) is 8.42 Å². The molecule has 0 aliphatic heterocycles. The second-order valence-corrected chi connectivity index (χ2v) is 10.5. The van der Waals surface area contributed by atoms with E-state index < -0.39 is 10.1 Å². The average molecular weight is 509 g/mol. The molecule has 0 bridgehead atoms. The molecule has 1 aromatic heterocycles. The van der Waals surface area contributed by atoms with Gasteiger partial charge in [-0.05, 0) is 36.8 Å². The molecule has 3 aromatic rings. The molecule has 0 fully saturated rings. The van der Waals surface area contributed by atoms with Crippen molar-refractivity contribution in [2.45, 2.75) is 19.4 Å². The Kier molecular flexibility index (Phi) is 9.32. The Morgan fingerprint density at radius 1 is 0.889 bits per heavy atom. The summed E-state index contributed by atoms with van der Waals surface area (Å²) in [7, 11) is 4.12. The summed E-state index contributed by atoms with van der Waals surface area (Å²) in [5.74, 6) is -0.225. The summed E-state index contributed by atoms with van der Waals surface area (Å²) in [5.41, 5.74) is 5.80. The smallest absolute Gasteiger partial charge is 0.264 e. The van der Waals surface area contributed by atoms with Crippen molar-refractivity contribution in [2.24, 2.45) is 10.2 Å². The van der Waals surface area contributed by atoms with Gasteiger partial charge in [-0.15, -0.1) is 5.10 Å². The van der Waals surface area contributed by atoms with Gasteiger partial charge < -0.3 is 9.80 Å². The van der Waals surface area contributed by atoms with Crippen LogP contribution in [0.15, 0.2) is 83.3 Å². The van der Waals surface area contributed by atoms with Crippen molar-refractivity contribution in [2.75, 3.05) is 43.7 Å². The van der Waals surface area contributed by atoms with E-state index in [-0.39, 0.29) is 5.75 Å². The van der Waals surface area contributed by atoms with Crippen molar-refractivity contribution in [1.29, 1.82) is 0 Å². The first-order valence-corrected chi connectivity index (χ1v) is 13.3. The molecular weight excluding hydrogens is 474 g/mol. The third kappa shape index (κ3) is 8.28. The number of aryl methyl sites for hydroxylation is 1. The molecule has 0 saturated carbocycles. The van der Waals surface area contributed by atoms with Crippen LogP contribution < -0.4 is 14.4 Å². The predicted octanol–water partition coefficient (Wildman–Crippen LogP) is 3.65. The molecule has 190 valence electrons. The van der Waals surface area contributed by atoms with Crippen LogP contribution in [-0.4, -0.2) is 58.8 Å². The van der Waals surface area contributed by atoms with Crippen molar-refractivity contribution in [3.8, 4) is 0 Å². The van der Waals surface area contributed by atoms with Crippen LogP contribution >= 0.6 is 0 Å². The zero-order chi connectivity index (χ0) is 26.1. The molecule has 36 heavy (non-hydrogen) atoms. The van der Waals surface area contributed by atoms with Crippen molar-refractivity contribution in [1.82, 2.24) is 0 Å². The summed E-state index contributed by atoms with van der Waals surface area (Å²) in [6.07, 6.45) is 6.59. The largest absolute Gasteiger partial charge is 0.378 e. The molecule has 0 unspecified atom stereocenters. The van der Waals surface area contributed by atoms with E-state index in [2.05, 4.69) is 44.3 Å². The zero-order valence-electron chi connectivity index (χ0n) is 21.2. The molecule has 2 aromatic carbocycles. The Hall–Kier alpha value is -3.56. The number of aromatic nitrogens is 1. The Bertz CT molecular complexity index is 1250. The van der Waals surface area contributed by atoms with Gasteiger partial charge in [0.05, 0.1) is 17.5 Å². The van der Waals surface area contributed by atoms with Gasteiger partial charge in [-0.1, -0.05) is 24.3 Å². The standard InChI is InChI=1S/C27H33N5O3S/c1-30(2)25-13-9-23(10-14-25)27(24-11-15-26(16-12-24)31(3)4)29-28-20-22-8-7-18-32(21-22)17-5-6-19-36(33,34)35/h7-16,18,20-21H,5-6,17,19H2,1-4H3/p+1/b28-20+. The minimum absolute atomic E-state index is 0.225. The maximum absolute atomic E-state index is 10.9. The quantitative estimate of drug-likeness (QED) is 0.140. The SMILES string of the molecule is CN(C)c1ccc(C(=N/N=C/c2ccc[n+](CCCCS(=O)(=O)O)c2)c2ccc(N(C)C)cc2)cc1. The summed E-state index contributed by atoms with van der Waals surface area (Å²) in [6.45, 7) is 0.641. The summed E-state index contributed by atoms with van der Waals surface area (Å²) < 4.78 is 32.6. The first-order chi connectivity index (χ1) is 17.1. The molecule has 0 amide bonds. The number of anilines is 2. The molecule has 0 aliphatic carbocycles. The molecule has 0 spiro atoms. The van der Waals surface area contributed by atoms with Crippen LogP contribution in [0.3, 0.4) is 0 Å². The van der Waals surface area contributed by atoms with E-state index in [0.29, 0.717) is 19.4 Å². The molecule has 1 N–H and O–H groups in total. The Balaban J connectivity index is 1.82. The molecule has 0 radical (unpaired) electrons. The number of pyridine rings is 1. The molecule has 0 atom stereocenters. The normalized spacial score (nSPS) is 11.5.